The molecule has 0 saturated carbocycles. The van der Waals surface area contributed by atoms with Gasteiger partial charge in [0.05, 0.1) is 5.69 Å². The zero-order valence-corrected chi connectivity index (χ0v) is 14.9. The maximum absolute atomic E-state index is 12.6. The third-order valence-corrected chi connectivity index (χ3v) is 4.38. The van der Waals surface area contributed by atoms with Crippen molar-refractivity contribution in [1.29, 1.82) is 0 Å². The van der Waals surface area contributed by atoms with Crippen molar-refractivity contribution in [3.63, 3.8) is 0 Å². The van der Waals surface area contributed by atoms with Crippen LogP contribution in [0.2, 0.25) is 5.02 Å². The molecule has 7 nitrogen and oxygen atoms in total. The normalized spacial score (nSPS) is 14.7. The molecule has 0 aliphatic carbocycles. The molecule has 1 saturated heterocycles. The number of ketones is 1. The van der Waals surface area contributed by atoms with E-state index >= 15 is 0 Å². The van der Waals surface area contributed by atoms with Gasteiger partial charge >= 0.3 is 6.61 Å². The summed E-state index contributed by atoms with van der Waals surface area (Å²) in [4.78, 5) is 25.2. The number of hydrogen-bond acceptors (Lipinski definition) is 4. The molecular weight excluding hydrogens is 382 g/mol. The Labute approximate surface area is 158 Å². The van der Waals surface area contributed by atoms with Crippen molar-refractivity contribution in [2.24, 2.45) is 0 Å². The van der Waals surface area contributed by atoms with Gasteiger partial charge in [-0.1, -0.05) is 17.3 Å². The number of ether oxygens (including phenoxy) is 1. The summed E-state index contributed by atoms with van der Waals surface area (Å²) in [6.07, 6.45) is 1.99. The number of Topliss-reactive ketones (excluding diaryl/α,β-unsaturated/α-hetero) is 1. The largest absolute Gasteiger partial charge is 0.696 e. The first kappa shape index (κ1) is 19.1. The third kappa shape index (κ3) is 4.54. The Bertz CT molecular complexity index is 862. The molecule has 1 amide bonds. The maximum Gasteiger partial charge on any atom is 0.387 e. The first-order chi connectivity index (χ1) is 12.8. The van der Waals surface area contributed by atoms with Crippen molar-refractivity contribution in [3.05, 3.63) is 35.2 Å². The zero-order valence-electron chi connectivity index (χ0n) is 14.1. The number of nitrogens with zero attached hydrogens (tertiary/aromatic N) is 3. The molecule has 3 rings (SSSR count). The molecule has 2 heterocycles. The molecule has 10 heteroatoms. The summed E-state index contributed by atoms with van der Waals surface area (Å²) in [5, 5.41) is 4.44. The number of aromatic nitrogens is 2. The van der Waals surface area contributed by atoms with Crippen molar-refractivity contribution in [1.82, 2.24) is 14.7 Å². The molecule has 1 aliphatic rings. The van der Waals surface area contributed by atoms with E-state index in [1.54, 1.807) is 4.90 Å². The van der Waals surface area contributed by atoms with E-state index in [9.17, 15) is 18.4 Å². The van der Waals surface area contributed by atoms with Crippen molar-refractivity contribution >= 4 is 29.0 Å². The highest BCUT2D eigenvalue weighted by molar-refractivity contribution is 6.31. The molecule has 1 aliphatic heterocycles. The number of hydrogen-bond donors (Lipinski definition) is 0. The van der Waals surface area contributed by atoms with Gasteiger partial charge in [-0.3, -0.25) is 14.3 Å². The minimum atomic E-state index is -3.04. The number of carbonyl (C=O) groups is 2. The highest BCUT2D eigenvalue weighted by atomic mass is 35.5. The fourth-order valence-electron chi connectivity index (χ4n) is 2.83. The maximum atomic E-state index is 12.6. The van der Waals surface area contributed by atoms with Gasteiger partial charge in [0.15, 0.2) is 0 Å². The number of nitrogens with one attached hydrogen (secondary N) is 1. The fraction of sp³-hybridized carbons (Fsp3) is 0.353. The number of halogens is 3. The lowest BCUT2D eigenvalue weighted by Crippen LogP contribution is -2.40. The second kappa shape index (κ2) is 7.91. The van der Waals surface area contributed by atoms with Crippen molar-refractivity contribution in [2.75, 3.05) is 13.1 Å². The number of piperidine rings is 1. The van der Waals surface area contributed by atoms with Crippen LogP contribution in [0.5, 0.6) is 5.75 Å². The molecule has 1 aromatic carbocycles. The smallest absolute Gasteiger partial charge is 0.387 e. The van der Waals surface area contributed by atoms with Gasteiger partial charge in [0.1, 0.15) is 18.1 Å². The Balaban J connectivity index is 1.81. The topological polar surface area (TPSA) is 88.2 Å². The molecule has 0 spiro atoms. The summed E-state index contributed by atoms with van der Waals surface area (Å²) in [7, 11) is 0. The number of amides is 1. The molecule has 0 bridgehead atoms. The molecule has 0 atom stereocenters. The number of benzene rings is 1. The SMILES string of the molecule is [NH-]c1cn(CC(=O)N2CCC(=O)CC2)nc1-c1cc(Cl)ccc1OC(F)F. The summed E-state index contributed by atoms with van der Waals surface area (Å²) in [5.41, 5.74) is 8.22. The van der Waals surface area contributed by atoms with E-state index in [1.807, 2.05) is 0 Å². The minimum Gasteiger partial charge on any atom is -0.696 e. The van der Waals surface area contributed by atoms with E-state index in [1.165, 1.54) is 29.1 Å². The van der Waals surface area contributed by atoms with E-state index in [0.29, 0.717) is 25.9 Å². The second-order valence-electron chi connectivity index (χ2n) is 6.03. The van der Waals surface area contributed by atoms with E-state index in [-0.39, 0.29) is 46.0 Å². The predicted octanol–water partition coefficient (Wildman–Crippen LogP) is 3.68. The number of rotatable bonds is 5. The quantitative estimate of drug-likeness (QED) is 0.769. The van der Waals surface area contributed by atoms with Crippen molar-refractivity contribution in [3.8, 4) is 17.0 Å². The monoisotopic (exact) mass is 397 g/mol. The molecule has 1 fully saturated rings. The molecule has 0 unspecified atom stereocenters. The van der Waals surface area contributed by atoms with E-state index in [4.69, 9.17) is 17.3 Å². The molecule has 1 N–H and O–H groups in total. The van der Waals surface area contributed by atoms with Crippen molar-refractivity contribution < 1.29 is 23.1 Å². The van der Waals surface area contributed by atoms with Crippen LogP contribution in [-0.4, -0.2) is 46.1 Å². The highest BCUT2D eigenvalue weighted by Crippen LogP contribution is 2.37. The average molecular weight is 398 g/mol. The Hall–Kier alpha value is -2.68. The van der Waals surface area contributed by atoms with Crippen LogP contribution >= 0.6 is 11.6 Å². The number of likely N-dealkylation sites (tertiary alicyclic amines) is 1. The lowest BCUT2D eigenvalue weighted by Gasteiger charge is -2.25. The number of carbonyl (C=O) groups excluding carboxylic acids is 2. The van der Waals surface area contributed by atoms with Crippen LogP contribution in [0.3, 0.4) is 0 Å². The standard InChI is InChI=1S/C17H16ClF2N4O3/c18-10-1-2-14(27-17(19)20)12(7-10)16-13(21)8-24(22-16)9-15(26)23-5-3-11(25)4-6-23/h1-2,7-8,17,21H,3-6,9H2/q-1. The summed E-state index contributed by atoms with van der Waals surface area (Å²) in [6, 6.07) is 4.05. The van der Waals surface area contributed by atoms with Crippen molar-refractivity contribution in [2.45, 2.75) is 26.0 Å². The highest BCUT2D eigenvalue weighted by Gasteiger charge is 2.22. The Morgan fingerprint density at radius 2 is 2.04 bits per heavy atom. The third-order valence-electron chi connectivity index (χ3n) is 4.15. The van der Waals surface area contributed by atoms with Gasteiger partial charge in [-0.15, -0.1) is 0 Å². The van der Waals surface area contributed by atoms with Crippen LogP contribution in [0, 0.1) is 0 Å². The van der Waals surface area contributed by atoms with E-state index in [2.05, 4.69) is 9.84 Å². The van der Waals surface area contributed by atoms with Gasteiger partial charge in [-0.25, -0.2) is 0 Å². The zero-order chi connectivity index (χ0) is 19.6. The molecular formula is C17H16ClF2N4O3-. The fourth-order valence-corrected chi connectivity index (χ4v) is 3.00. The van der Waals surface area contributed by atoms with Crippen LogP contribution in [0.25, 0.3) is 17.0 Å². The second-order valence-corrected chi connectivity index (χ2v) is 6.46. The van der Waals surface area contributed by atoms with Gasteiger partial charge in [-0.2, -0.15) is 13.9 Å². The molecule has 0 radical (unpaired) electrons. The van der Waals surface area contributed by atoms with Gasteiger partial charge in [-0.05, 0) is 18.2 Å². The first-order valence-electron chi connectivity index (χ1n) is 8.16. The van der Waals surface area contributed by atoms with Crippen LogP contribution in [0.15, 0.2) is 24.4 Å². The average Bonchev–Trinajstić information content (AvgIpc) is 2.96. The lowest BCUT2D eigenvalue weighted by molar-refractivity contribution is -0.135. The van der Waals surface area contributed by atoms with Crippen LogP contribution in [0.1, 0.15) is 12.8 Å². The van der Waals surface area contributed by atoms with Gasteiger partial charge in [0, 0.05) is 42.7 Å². The van der Waals surface area contributed by atoms with E-state index in [0.717, 1.165) is 0 Å². The van der Waals surface area contributed by atoms with Gasteiger partial charge < -0.3 is 15.4 Å². The molecule has 1 aromatic heterocycles. The van der Waals surface area contributed by atoms with Gasteiger partial charge in [0.2, 0.25) is 5.91 Å². The van der Waals surface area contributed by atoms with Crippen LogP contribution < -0.4 is 4.74 Å². The molecule has 2 aromatic rings. The first-order valence-corrected chi connectivity index (χ1v) is 8.54. The lowest BCUT2D eigenvalue weighted by atomic mass is 10.1. The van der Waals surface area contributed by atoms with Crippen LogP contribution in [-0.2, 0) is 16.1 Å². The van der Waals surface area contributed by atoms with E-state index < -0.39 is 6.61 Å². The predicted molar refractivity (Wildman–Crippen MR) is 94.1 cm³/mol. The molecule has 144 valence electrons. The number of alkyl halides is 2. The summed E-state index contributed by atoms with van der Waals surface area (Å²) in [6.45, 7) is -2.43. The summed E-state index contributed by atoms with van der Waals surface area (Å²) in [5.74, 6) is -0.262. The van der Waals surface area contributed by atoms with Gasteiger partial charge in [0.25, 0.3) is 0 Å². The summed E-state index contributed by atoms with van der Waals surface area (Å²) >= 11 is 5.93. The minimum absolute atomic E-state index is 0.0574. The van der Waals surface area contributed by atoms with Crippen LogP contribution in [0.4, 0.5) is 14.5 Å². The Morgan fingerprint density at radius 1 is 1.33 bits per heavy atom. The Kier molecular flexibility index (Phi) is 5.59. The molecule has 27 heavy (non-hydrogen) atoms. The summed E-state index contributed by atoms with van der Waals surface area (Å²) < 4.78 is 31.0. The Morgan fingerprint density at radius 3 is 2.70 bits per heavy atom.